The monoisotopic (exact) mass is 133 g/mol. The zero-order valence-corrected chi connectivity index (χ0v) is 6.96. The molecule has 1 nitrogen and oxygen atoms in total. The van der Waals surface area contributed by atoms with Crippen LogP contribution in [0.5, 0.6) is 0 Å². The van der Waals surface area contributed by atoms with E-state index >= 15 is 0 Å². The molecule has 0 spiro atoms. The van der Waals surface area contributed by atoms with Gasteiger partial charge in [0.1, 0.15) is 6.66 Å². The molecule has 0 N–H and O–H groups in total. The zero-order valence-electron chi connectivity index (χ0n) is 6.06. The number of rotatable bonds is 1. The van der Waals surface area contributed by atoms with Crippen LogP contribution in [0.1, 0.15) is 20.8 Å². The molecule has 0 aliphatic carbocycles. The van der Waals surface area contributed by atoms with Gasteiger partial charge in [-0.15, -0.1) is 0 Å². The second-order valence-electron chi connectivity index (χ2n) is 3.35. The molecule has 0 aliphatic rings. The van der Waals surface area contributed by atoms with E-state index in [-0.39, 0.29) is 5.41 Å². The first-order valence-electron chi connectivity index (χ1n) is 2.80. The van der Waals surface area contributed by atoms with Gasteiger partial charge in [0, 0.05) is 5.41 Å². The molecule has 48 valence electrons. The molecule has 0 rings (SSSR count). The summed E-state index contributed by atoms with van der Waals surface area (Å²) in [6.07, 6.45) is 0.836. The fourth-order valence-electron chi connectivity index (χ4n) is 0.668. The van der Waals surface area contributed by atoms with Gasteiger partial charge >= 0.3 is 7.80 Å². The van der Waals surface area contributed by atoms with Crippen molar-refractivity contribution in [1.82, 2.24) is 0 Å². The molecule has 2 heteroatoms. The Labute approximate surface area is 52.3 Å². The maximum absolute atomic E-state index is 10.6. The van der Waals surface area contributed by atoms with Gasteiger partial charge in [0.2, 0.25) is 0 Å². The summed E-state index contributed by atoms with van der Waals surface area (Å²) in [6, 6.07) is 0. The smallest absolute Gasteiger partial charge is 0.0751 e. The lowest BCUT2D eigenvalue weighted by Crippen LogP contribution is -2.07. The minimum absolute atomic E-state index is 0.238. The molecule has 0 saturated carbocycles. The summed E-state index contributed by atoms with van der Waals surface area (Å²) in [5.74, 6) is 0. The minimum atomic E-state index is -0.939. The largest absolute Gasteiger partial charge is 0.336 e. The van der Waals surface area contributed by atoms with Crippen LogP contribution in [0.3, 0.4) is 0 Å². The Bertz CT molecular complexity index is 91.2. The summed E-state index contributed by atoms with van der Waals surface area (Å²) in [5.41, 5.74) is 0.238. The lowest BCUT2D eigenvalue weighted by atomic mass is 10.0. The molecule has 1 unspecified atom stereocenters. The zero-order chi connectivity index (χ0) is 6.78. The SMILES string of the molecule is C[P+](=O)CC(C)(C)C. The molecule has 0 aromatic heterocycles. The Morgan fingerprint density at radius 3 is 1.75 bits per heavy atom. The van der Waals surface area contributed by atoms with Crippen molar-refractivity contribution in [2.75, 3.05) is 12.8 Å². The topological polar surface area (TPSA) is 17.1 Å². The Hall–Kier alpha value is 0.100. The fraction of sp³-hybridized carbons (Fsp3) is 1.00. The third kappa shape index (κ3) is 6.10. The summed E-state index contributed by atoms with van der Waals surface area (Å²) in [7, 11) is -0.939. The van der Waals surface area contributed by atoms with Gasteiger partial charge in [-0.2, -0.15) is 0 Å². The van der Waals surface area contributed by atoms with Crippen molar-refractivity contribution in [3.8, 4) is 0 Å². The number of hydrogen-bond acceptors (Lipinski definition) is 1. The lowest BCUT2D eigenvalue weighted by molar-refractivity contribution is 0.467. The Morgan fingerprint density at radius 1 is 1.38 bits per heavy atom. The Balaban J connectivity index is 3.55. The lowest BCUT2D eigenvalue weighted by Gasteiger charge is -2.08. The van der Waals surface area contributed by atoms with Crippen molar-refractivity contribution in [2.45, 2.75) is 20.8 Å². The highest BCUT2D eigenvalue weighted by Crippen LogP contribution is 2.26. The maximum Gasteiger partial charge on any atom is 0.336 e. The van der Waals surface area contributed by atoms with Gasteiger partial charge in [-0.1, -0.05) is 25.3 Å². The van der Waals surface area contributed by atoms with E-state index in [0.29, 0.717) is 0 Å². The molecular weight excluding hydrogens is 119 g/mol. The second-order valence-corrected chi connectivity index (χ2v) is 4.92. The average Bonchev–Trinajstić information content (AvgIpc) is 1.21. The highest BCUT2D eigenvalue weighted by atomic mass is 31.1. The number of hydrogen-bond donors (Lipinski definition) is 0. The molecule has 8 heavy (non-hydrogen) atoms. The van der Waals surface area contributed by atoms with Gasteiger partial charge in [0.05, 0.1) is 0 Å². The van der Waals surface area contributed by atoms with Crippen LogP contribution in [-0.4, -0.2) is 12.8 Å². The first kappa shape index (κ1) is 8.10. The van der Waals surface area contributed by atoms with Crippen LogP contribution in [0.2, 0.25) is 0 Å². The van der Waals surface area contributed by atoms with E-state index in [1.165, 1.54) is 0 Å². The van der Waals surface area contributed by atoms with E-state index < -0.39 is 7.80 Å². The van der Waals surface area contributed by atoms with Crippen molar-refractivity contribution in [3.63, 3.8) is 0 Å². The maximum atomic E-state index is 10.6. The van der Waals surface area contributed by atoms with Crippen molar-refractivity contribution in [3.05, 3.63) is 0 Å². The summed E-state index contributed by atoms with van der Waals surface area (Å²) in [6.45, 7) is 8.08. The third-order valence-electron chi connectivity index (χ3n) is 0.697. The highest BCUT2D eigenvalue weighted by Gasteiger charge is 2.20. The first-order valence-corrected chi connectivity index (χ1v) is 4.69. The fourth-order valence-corrected chi connectivity index (χ4v) is 2.00. The average molecular weight is 133 g/mol. The van der Waals surface area contributed by atoms with Gasteiger partial charge in [-0.05, 0) is 0 Å². The molecule has 0 aliphatic heterocycles. The predicted molar refractivity (Wildman–Crippen MR) is 37.9 cm³/mol. The van der Waals surface area contributed by atoms with Crippen molar-refractivity contribution >= 4 is 7.80 Å². The Kier molecular flexibility index (Phi) is 2.62. The minimum Gasteiger partial charge on any atom is -0.0751 e. The molecule has 1 atom stereocenters. The predicted octanol–water partition coefficient (Wildman–Crippen LogP) is 2.49. The molecule has 0 heterocycles. The van der Waals surface area contributed by atoms with E-state index in [1.807, 2.05) is 0 Å². The van der Waals surface area contributed by atoms with Crippen LogP contribution in [0.25, 0.3) is 0 Å². The molecule has 0 saturated heterocycles. The van der Waals surface area contributed by atoms with E-state index in [1.54, 1.807) is 6.66 Å². The molecule has 0 amide bonds. The molecule has 0 fully saturated rings. The van der Waals surface area contributed by atoms with Gasteiger partial charge in [0.25, 0.3) is 0 Å². The van der Waals surface area contributed by atoms with Crippen LogP contribution >= 0.6 is 7.80 Å². The molecule has 0 bridgehead atoms. The van der Waals surface area contributed by atoms with Gasteiger partial charge in [-0.3, -0.25) is 0 Å². The molecular formula is C6H14OP+. The summed E-state index contributed by atoms with van der Waals surface area (Å²) >= 11 is 0. The van der Waals surface area contributed by atoms with Gasteiger partial charge in [0.15, 0.2) is 6.16 Å². The van der Waals surface area contributed by atoms with E-state index in [0.717, 1.165) is 6.16 Å². The van der Waals surface area contributed by atoms with Gasteiger partial charge < -0.3 is 0 Å². The van der Waals surface area contributed by atoms with Crippen LogP contribution in [0.15, 0.2) is 0 Å². The van der Waals surface area contributed by atoms with Crippen LogP contribution in [0, 0.1) is 5.41 Å². The van der Waals surface area contributed by atoms with E-state index in [2.05, 4.69) is 20.8 Å². The highest BCUT2D eigenvalue weighted by molar-refractivity contribution is 7.43. The normalized spacial score (nSPS) is 13.8. The molecule has 0 aromatic carbocycles. The second kappa shape index (κ2) is 2.59. The van der Waals surface area contributed by atoms with E-state index in [9.17, 15) is 4.57 Å². The standard InChI is InChI=1S/C6H14OP/c1-6(2,3)5-8(4)7/h5H2,1-4H3/q+1. The summed E-state index contributed by atoms with van der Waals surface area (Å²) in [5, 5.41) is 0. The van der Waals surface area contributed by atoms with Crippen LogP contribution in [-0.2, 0) is 4.57 Å². The summed E-state index contributed by atoms with van der Waals surface area (Å²) in [4.78, 5) is 0. The first-order chi connectivity index (χ1) is 3.42. The van der Waals surface area contributed by atoms with Crippen LogP contribution < -0.4 is 0 Å². The molecule has 0 radical (unpaired) electrons. The quantitative estimate of drug-likeness (QED) is 0.502. The van der Waals surface area contributed by atoms with Crippen molar-refractivity contribution < 1.29 is 4.57 Å². The summed E-state index contributed by atoms with van der Waals surface area (Å²) < 4.78 is 10.6. The van der Waals surface area contributed by atoms with Gasteiger partial charge in [-0.25, -0.2) is 0 Å². The Morgan fingerprint density at radius 2 is 1.75 bits per heavy atom. The van der Waals surface area contributed by atoms with E-state index in [4.69, 9.17) is 0 Å². The van der Waals surface area contributed by atoms with Crippen molar-refractivity contribution in [2.24, 2.45) is 5.41 Å². The van der Waals surface area contributed by atoms with Crippen LogP contribution in [0.4, 0.5) is 0 Å². The molecule has 0 aromatic rings. The van der Waals surface area contributed by atoms with Crippen molar-refractivity contribution in [1.29, 1.82) is 0 Å². The third-order valence-corrected chi connectivity index (χ3v) is 2.09.